The molecule has 0 fully saturated rings. The zero-order valence-corrected chi connectivity index (χ0v) is 8.96. The van der Waals surface area contributed by atoms with E-state index in [1.165, 1.54) is 12.1 Å². The summed E-state index contributed by atoms with van der Waals surface area (Å²) < 4.78 is 0. The molecule has 0 saturated carbocycles. The normalized spacial score (nSPS) is 13.4. The van der Waals surface area contributed by atoms with Crippen molar-refractivity contribution in [3.8, 4) is 6.07 Å². The van der Waals surface area contributed by atoms with Crippen molar-refractivity contribution in [1.29, 1.82) is 5.26 Å². The van der Waals surface area contributed by atoms with E-state index in [1.54, 1.807) is 24.3 Å². The topological polar surface area (TPSA) is 98.4 Å². The first kappa shape index (κ1) is 12.7. The summed E-state index contributed by atoms with van der Waals surface area (Å²) in [6, 6.07) is 9.68. The van der Waals surface area contributed by atoms with Crippen LogP contribution < -0.4 is 0 Å². The summed E-state index contributed by atoms with van der Waals surface area (Å²) in [4.78, 5) is 21.8. The molecule has 1 unspecified atom stereocenters. The molecule has 0 bridgehead atoms. The van der Waals surface area contributed by atoms with Crippen LogP contribution in [0.4, 0.5) is 0 Å². The van der Waals surface area contributed by atoms with Crippen molar-refractivity contribution in [2.24, 2.45) is 0 Å². The Hall–Kier alpha value is -2.35. The molecule has 17 heavy (non-hydrogen) atoms. The molecule has 0 aliphatic heterocycles. The van der Waals surface area contributed by atoms with Gasteiger partial charge in [-0.3, -0.25) is 9.59 Å². The molecule has 0 aliphatic carbocycles. The molecule has 0 radical (unpaired) electrons. The summed E-state index contributed by atoms with van der Waals surface area (Å²) in [5, 5.41) is 26.9. The van der Waals surface area contributed by atoms with E-state index in [0.29, 0.717) is 5.56 Å². The Bertz CT molecular complexity index is 463. The number of nitrogens with zero attached hydrogens (tertiary/aromatic N) is 1. The van der Waals surface area contributed by atoms with Crippen LogP contribution in [0.3, 0.4) is 0 Å². The second-order valence-corrected chi connectivity index (χ2v) is 3.58. The molecule has 0 amide bonds. The highest BCUT2D eigenvalue weighted by atomic mass is 16.4. The Morgan fingerprint density at radius 3 is 2.24 bits per heavy atom. The molecule has 0 aliphatic rings. The van der Waals surface area contributed by atoms with Gasteiger partial charge in [-0.2, -0.15) is 5.26 Å². The van der Waals surface area contributed by atoms with Gasteiger partial charge in [-0.15, -0.1) is 0 Å². The van der Waals surface area contributed by atoms with Crippen LogP contribution in [0, 0.1) is 11.3 Å². The monoisotopic (exact) mass is 233 g/mol. The van der Waals surface area contributed by atoms with Gasteiger partial charge in [-0.05, 0) is 12.0 Å². The van der Waals surface area contributed by atoms with Crippen molar-refractivity contribution in [3.63, 3.8) is 0 Å². The summed E-state index contributed by atoms with van der Waals surface area (Å²) >= 11 is 0. The van der Waals surface area contributed by atoms with Gasteiger partial charge in [-0.1, -0.05) is 30.3 Å². The van der Waals surface area contributed by atoms with Crippen molar-refractivity contribution in [1.82, 2.24) is 0 Å². The predicted octanol–water partition coefficient (Wildman–Crippen LogP) is 1.40. The lowest BCUT2D eigenvalue weighted by Crippen LogP contribution is -2.34. The van der Waals surface area contributed by atoms with E-state index in [9.17, 15) is 14.7 Å². The molecular formula is C12H11NO4. The standard InChI is InChI=1S/C12H11NO4/c13-8-12(11(16)17,7-6-10(14)15)9-4-2-1-3-5-9/h1-5H,6-7H2,(H,14,15)(H,16,17). The maximum absolute atomic E-state index is 11.3. The number of aliphatic carboxylic acids is 2. The number of nitriles is 1. The number of rotatable bonds is 5. The molecule has 1 rings (SSSR count). The number of carbonyl (C=O) groups is 2. The fourth-order valence-corrected chi connectivity index (χ4v) is 1.56. The van der Waals surface area contributed by atoms with Crippen molar-refractivity contribution >= 4 is 11.9 Å². The Balaban J connectivity index is 3.15. The molecule has 5 nitrogen and oxygen atoms in total. The number of benzene rings is 1. The first-order chi connectivity index (χ1) is 8.03. The maximum Gasteiger partial charge on any atom is 0.328 e. The first-order valence-electron chi connectivity index (χ1n) is 4.95. The third kappa shape index (κ3) is 2.61. The number of carboxylic acids is 2. The van der Waals surface area contributed by atoms with Gasteiger partial charge in [0.25, 0.3) is 0 Å². The van der Waals surface area contributed by atoms with Gasteiger partial charge in [0.1, 0.15) is 0 Å². The van der Waals surface area contributed by atoms with Gasteiger partial charge in [0, 0.05) is 6.42 Å². The number of hydrogen-bond acceptors (Lipinski definition) is 3. The van der Waals surface area contributed by atoms with E-state index in [0.717, 1.165) is 0 Å². The smallest absolute Gasteiger partial charge is 0.328 e. The molecule has 0 aromatic heterocycles. The average Bonchev–Trinajstić information content (AvgIpc) is 2.31. The van der Waals surface area contributed by atoms with E-state index in [-0.39, 0.29) is 12.8 Å². The van der Waals surface area contributed by atoms with Gasteiger partial charge in [0.15, 0.2) is 5.41 Å². The third-order valence-electron chi connectivity index (χ3n) is 2.54. The van der Waals surface area contributed by atoms with Gasteiger partial charge in [0.05, 0.1) is 6.07 Å². The van der Waals surface area contributed by atoms with Crippen molar-refractivity contribution < 1.29 is 19.8 Å². The average molecular weight is 233 g/mol. The summed E-state index contributed by atoms with van der Waals surface area (Å²) in [7, 11) is 0. The van der Waals surface area contributed by atoms with Crippen LogP contribution in [0.15, 0.2) is 30.3 Å². The van der Waals surface area contributed by atoms with E-state index in [4.69, 9.17) is 10.4 Å². The minimum atomic E-state index is -1.79. The van der Waals surface area contributed by atoms with Gasteiger partial charge in [-0.25, -0.2) is 0 Å². The number of carboxylic acid groups (broad SMARTS) is 2. The van der Waals surface area contributed by atoms with E-state index >= 15 is 0 Å². The first-order valence-corrected chi connectivity index (χ1v) is 4.95. The predicted molar refractivity (Wildman–Crippen MR) is 58.2 cm³/mol. The molecule has 1 atom stereocenters. The highest BCUT2D eigenvalue weighted by Crippen LogP contribution is 2.29. The van der Waals surface area contributed by atoms with Gasteiger partial charge < -0.3 is 10.2 Å². The second-order valence-electron chi connectivity index (χ2n) is 3.58. The third-order valence-corrected chi connectivity index (χ3v) is 2.54. The van der Waals surface area contributed by atoms with Crippen LogP contribution >= 0.6 is 0 Å². The van der Waals surface area contributed by atoms with Crippen molar-refractivity contribution in [3.05, 3.63) is 35.9 Å². The van der Waals surface area contributed by atoms with E-state index < -0.39 is 17.4 Å². The molecule has 0 spiro atoms. The minimum Gasteiger partial charge on any atom is -0.481 e. The lowest BCUT2D eigenvalue weighted by molar-refractivity contribution is -0.142. The zero-order valence-electron chi connectivity index (χ0n) is 8.96. The Morgan fingerprint density at radius 2 is 1.82 bits per heavy atom. The highest BCUT2D eigenvalue weighted by molar-refractivity contribution is 5.85. The van der Waals surface area contributed by atoms with Gasteiger partial charge >= 0.3 is 11.9 Å². The summed E-state index contributed by atoms with van der Waals surface area (Å²) in [5.74, 6) is -2.45. The SMILES string of the molecule is N#CC(CCC(=O)O)(C(=O)O)c1ccccc1. The Labute approximate surface area is 97.9 Å². The molecule has 88 valence electrons. The minimum absolute atomic E-state index is 0.252. The fourth-order valence-electron chi connectivity index (χ4n) is 1.56. The molecule has 5 heteroatoms. The number of hydrogen-bond donors (Lipinski definition) is 2. The van der Waals surface area contributed by atoms with Crippen molar-refractivity contribution in [2.45, 2.75) is 18.3 Å². The van der Waals surface area contributed by atoms with E-state index in [2.05, 4.69) is 0 Å². The van der Waals surface area contributed by atoms with Crippen LogP contribution in [0.25, 0.3) is 0 Å². The second kappa shape index (κ2) is 5.12. The largest absolute Gasteiger partial charge is 0.481 e. The summed E-state index contributed by atoms with van der Waals surface area (Å²) in [6.07, 6.45) is -0.618. The van der Waals surface area contributed by atoms with Crippen molar-refractivity contribution in [2.75, 3.05) is 0 Å². The Kier molecular flexibility index (Phi) is 3.83. The summed E-state index contributed by atoms with van der Waals surface area (Å²) in [5.41, 5.74) is -1.49. The van der Waals surface area contributed by atoms with Crippen LogP contribution in [0.1, 0.15) is 18.4 Å². The van der Waals surface area contributed by atoms with Crippen LogP contribution in [0.2, 0.25) is 0 Å². The van der Waals surface area contributed by atoms with E-state index in [1.807, 2.05) is 0 Å². The molecule has 0 heterocycles. The quantitative estimate of drug-likeness (QED) is 0.800. The molecular weight excluding hydrogens is 222 g/mol. The van der Waals surface area contributed by atoms with Crippen LogP contribution in [-0.2, 0) is 15.0 Å². The lowest BCUT2D eigenvalue weighted by atomic mass is 9.78. The fraction of sp³-hybridized carbons (Fsp3) is 0.250. The highest BCUT2D eigenvalue weighted by Gasteiger charge is 2.41. The molecule has 2 N–H and O–H groups in total. The Morgan fingerprint density at radius 1 is 1.24 bits per heavy atom. The molecule has 1 aromatic rings. The summed E-state index contributed by atoms with van der Waals surface area (Å²) in [6.45, 7) is 0. The zero-order chi connectivity index (χ0) is 12.9. The molecule has 1 aromatic carbocycles. The van der Waals surface area contributed by atoms with Crippen LogP contribution in [0.5, 0.6) is 0 Å². The molecule has 0 saturated heterocycles. The van der Waals surface area contributed by atoms with Crippen LogP contribution in [-0.4, -0.2) is 22.2 Å². The maximum atomic E-state index is 11.3. The van der Waals surface area contributed by atoms with Gasteiger partial charge in [0.2, 0.25) is 0 Å². The lowest BCUT2D eigenvalue weighted by Gasteiger charge is -2.21.